The molecule has 0 radical (unpaired) electrons. The monoisotopic (exact) mass is 376 g/mol. The van der Waals surface area contributed by atoms with Crippen LogP contribution in [0.15, 0.2) is 47.1 Å². The van der Waals surface area contributed by atoms with Crippen molar-refractivity contribution < 1.29 is 28.7 Å². The van der Waals surface area contributed by atoms with Gasteiger partial charge in [-0.15, -0.1) is 0 Å². The van der Waals surface area contributed by atoms with E-state index in [-0.39, 0.29) is 28.5 Å². The Balaban J connectivity index is 2.69. The van der Waals surface area contributed by atoms with Crippen molar-refractivity contribution >= 4 is 17.6 Å². The maximum Gasteiger partial charge on any atom is 0.340 e. The van der Waals surface area contributed by atoms with Crippen LogP contribution in [-0.4, -0.2) is 30.1 Å². The summed E-state index contributed by atoms with van der Waals surface area (Å²) in [5, 5.41) is 11.1. The number of nitro benzene ring substituents is 1. The number of carbonyl (C=O) groups is 2. The van der Waals surface area contributed by atoms with Crippen LogP contribution < -0.4 is 5.73 Å². The van der Waals surface area contributed by atoms with Gasteiger partial charge in [-0.05, 0) is 26.3 Å². The number of esters is 2. The van der Waals surface area contributed by atoms with Gasteiger partial charge in [-0.3, -0.25) is 10.1 Å². The van der Waals surface area contributed by atoms with Gasteiger partial charge in [-0.2, -0.15) is 0 Å². The lowest BCUT2D eigenvalue weighted by Gasteiger charge is -2.28. The zero-order chi connectivity index (χ0) is 20.3. The molecule has 0 saturated heterocycles. The van der Waals surface area contributed by atoms with Gasteiger partial charge in [0.15, 0.2) is 0 Å². The summed E-state index contributed by atoms with van der Waals surface area (Å²) in [5.41, 5.74) is 5.93. The average molecular weight is 376 g/mol. The Morgan fingerprint density at radius 1 is 1.26 bits per heavy atom. The van der Waals surface area contributed by atoms with Crippen molar-refractivity contribution in [3.8, 4) is 0 Å². The minimum atomic E-state index is -1.03. The molecule has 1 aliphatic rings. The second-order valence-corrected chi connectivity index (χ2v) is 6.08. The summed E-state index contributed by atoms with van der Waals surface area (Å²) in [6, 6.07) is 5.57. The van der Waals surface area contributed by atoms with Gasteiger partial charge >= 0.3 is 11.9 Å². The van der Waals surface area contributed by atoms with E-state index in [1.807, 2.05) is 0 Å². The molecule has 9 heteroatoms. The SMILES string of the molecule is COC(=O)C1=C(C)OC(N)=C(C(=O)OC(C)C)C1c1cccc([N+](=O)[O-])c1. The van der Waals surface area contributed by atoms with E-state index in [9.17, 15) is 19.7 Å². The molecule has 2 N–H and O–H groups in total. The predicted molar refractivity (Wildman–Crippen MR) is 94.1 cm³/mol. The number of methoxy groups -OCH3 is 1. The van der Waals surface area contributed by atoms with Crippen LogP contribution in [0.2, 0.25) is 0 Å². The Bertz CT molecular complexity index is 855. The molecule has 27 heavy (non-hydrogen) atoms. The minimum absolute atomic E-state index is 0.0166. The van der Waals surface area contributed by atoms with Crippen LogP contribution in [0.5, 0.6) is 0 Å². The van der Waals surface area contributed by atoms with Crippen LogP contribution in [0.3, 0.4) is 0 Å². The predicted octanol–water partition coefficient (Wildman–Crippen LogP) is 2.28. The van der Waals surface area contributed by atoms with Crippen molar-refractivity contribution in [3.63, 3.8) is 0 Å². The zero-order valence-corrected chi connectivity index (χ0v) is 15.3. The number of non-ortho nitro benzene ring substituents is 1. The molecular formula is C18H20N2O7. The Morgan fingerprint density at radius 2 is 1.93 bits per heavy atom. The molecule has 0 aliphatic carbocycles. The first-order chi connectivity index (χ1) is 12.7. The first kappa shape index (κ1) is 20.0. The highest BCUT2D eigenvalue weighted by Crippen LogP contribution is 2.41. The fourth-order valence-electron chi connectivity index (χ4n) is 2.78. The normalized spacial score (nSPS) is 16.9. The van der Waals surface area contributed by atoms with E-state index in [2.05, 4.69) is 0 Å². The summed E-state index contributed by atoms with van der Waals surface area (Å²) < 4.78 is 15.4. The van der Waals surface area contributed by atoms with Crippen LogP contribution >= 0.6 is 0 Å². The molecule has 144 valence electrons. The Morgan fingerprint density at radius 3 is 2.48 bits per heavy atom. The van der Waals surface area contributed by atoms with Gasteiger partial charge in [-0.1, -0.05) is 12.1 Å². The Kier molecular flexibility index (Phi) is 5.84. The second-order valence-electron chi connectivity index (χ2n) is 6.08. The number of allylic oxidation sites excluding steroid dienone is 1. The molecule has 0 bridgehead atoms. The number of nitrogens with zero attached hydrogens (tertiary/aromatic N) is 1. The summed E-state index contributed by atoms with van der Waals surface area (Å²) in [6.45, 7) is 4.81. The van der Waals surface area contributed by atoms with Crippen molar-refractivity contribution in [3.05, 3.63) is 62.7 Å². The molecular weight excluding hydrogens is 356 g/mol. The van der Waals surface area contributed by atoms with Gasteiger partial charge in [0, 0.05) is 12.1 Å². The third-order valence-electron chi connectivity index (χ3n) is 3.87. The van der Waals surface area contributed by atoms with Gasteiger partial charge in [0.1, 0.15) is 11.3 Å². The molecule has 1 unspecified atom stereocenters. The van der Waals surface area contributed by atoms with Crippen LogP contribution in [0, 0.1) is 10.1 Å². The number of hydrogen-bond donors (Lipinski definition) is 1. The molecule has 1 aromatic carbocycles. The maximum atomic E-state index is 12.6. The highest BCUT2D eigenvalue weighted by molar-refractivity contribution is 5.99. The lowest BCUT2D eigenvalue weighted by Crippen LogP contribution is -2.30. The molecule has 0 saturated carbocycles. The van der Waals surface area contributed by atoms with Crippen molar-refractivity contribution in [1.82, 2.24) is 0 Å². The number of ether oxygens (including phenoxy) is 3. The van der Waals surface area contributed by atoms with Crippen molar-refractivity contribution in [1.29, 1.82) is 0 Å². The van der Waals surface area contributed by atoms with E-state index in [0.717, 1.165) is 0 Å². The molecule has 1 aromatic rings. The van der Waals surface area contributed by atoms with Crippen LogP contribution in [0.4, 0.5) is 5.69 Å². The average Bonchev–Trinajstić information content (AvgIpc) is 2.59. The van der Waals surface area contributed by atoms with E-state index in [1.54, 1.807) is 19.9 Å². The topological polar surface area (TPSA) is 131 Å². The van der Waals surface area contributed by atoms with E-state index >= 15 is 0 Å². The van der Waals surface area contributed by atoms with Crippen LogP contribution in [-0.2, 0) is 23.8 Å². The third-order valence-corrected chi connectivity index (χ3v) is 3.87. The first-order valence-electron chi connectivity index (χ1n) is 8.09. The summed E-state index contributed by atoms with van der Waals surface area (Å²) in [7, 11) is 1.18. The van der Waals surface area contributed by atoms with E-state index in [1.165, 1.54) is 32.2 Å². The third kappa shape index (κ3) is 4.08. The summed E-state index contributed by atoms with van der Waals surface area (Å²) in [4.78, 5) is 35.6. The summed E-state index contributed by atoms with van der Waals surface area (Å²) in [5.74, 6) is -2.66. The second kappa shape index (κ2) is 7.90. The lowest BCUT2D eigenvalue weighted by molar-refractivity contribution is -0.384. The fourth-order valence-corrected chi connectivity index (χ4v) is 2.78. The molecule has 0 spiro atoms. The molecule has 0 aromatic heterocycles. The Hall–Kier alpha value is -3.36. The Labute approximate surface area is 155 Å². The molecule has 2 rings (SSSR count). The molecule has 9 nitrogen and oxygen atoms in total. The van der Waals surface area contributed by atoms with E-state index in [0.29, 0.717) is 5.56 Å². The lowest BCUT2D eigenvalue weighted by atomic mass is 9.82. The molecule has 1 heterocycles. The van der Waals surface area contributed by atoms with Crippen molar-refractivity contribution in [2.24, 2.45) is 5.73 Å². The number of carbonyl (C=O) groups excluding carboxylic acids is 2. The highest BCUT2D eigenvalue weighted by Gasteiger charge is 2.40. The first-order valence-corrected chi connectivity index (χ1v) is 8.09. The highest BCUT2D eigenvalue weighted by atomic mass is 16.6. The number of rotatable bonds is 5. The maximum absolute atomic E-state index is 12.6. The molecule has 0 fully saturated rings. The largest absolute Gasteiger partial charge is 0.466 e. The fraction of sp³-hybridized carbons (Fsp3) is 0.333. The zero-order valence-electron chi connectivity index (χ0n) is 15.3. The van der Waals surface area contributed by atoms with Crippen LogP contribution in [0.25, 0.3) is 0 Å². The van der Waals surface area contributed by atoms with E-state index in [4.69, 9.17) is 19.9 Å². The van der Waals surface area contributed by atoms with Crippen molar-refractivity contribution in [2.75, 3.05) is 7.11 Å². The van der Waals surface area contributed by atoms with Gasteiger partial charge in [-0.25, -0.2) is 9.59 Å². The summed E-state index contributed by atoms with van der Waals surface area (Å²) in [6.07, 6.45) is -0.447. The van der Waals surface area contributed by atoms with Crippen LogP contribution in [0.1, 0.15) is 32.3 Å². The number of benzene rings is 1. The van der Waals surface area contributed by atoms with Gasteiger partial charge in [0.2, 0.25) is 5.88 Å². The molecule has 1 aliphatic heterocycles. The van der Waals surface area contributed by atoms with Crippen molar-refractivity contribution in [2.45, 2.75) is 32.8 Å². The van der Waals surface area contributed by atoms with Gasteiger partial charge < -0.3 is 19.9 Å². The number of nitro groups is 1. The number of hydrogen-bond acceptors (Lipinski definition) is 8. The minimum Gasteiger partial charge on any atom is -0.466 e. The summed E-state index contributed by atoms with van der Waals surface area (Å²) >= 11 is 0. The molecule has 0 amide bonds. The smallest absolute Gasteiger partial charge is 0.340 e. The standard InChI is InChI=1S/C18H20N2O7/c1-9(2)26-18(22)15-14(11-6-5-7-12(8-11)20(23)24)13(17(21)25-4)10(3)27-16(15)19/h5-9,14H,19H2,1-4H3. The number of nitrogens with two attached hydrogens (primary N) is 1. The van der Waals surface area contributed by atoms with Gasteiger partial charge in [0.25, 0.3) is 5.69 Å². The quantitative estimate of drug-likeness (QED) is 0.470. The van der Waals surface area contributed by atoms with Gasteiger partial charge in [0.05, 0.1) is 29.6 Å². The molecule has 1 atom stereocenters. The van der Waals surface area contributed by atoms with E-state index < -0.39 is 28.9 Å².